The normalized spacial score (nSPS) is 15.6. The van der Waals surface area contributed by atoms with E-state index in [4.69, 9.17) is 4.74 Å². The lowest BCUT2D eigenvalue weighted by Crippen LogP contribution is -2.45. The molecule has 1 heterocycles. The van der Waals surface area contributed by atoms with Gasteiger partial charge in [0.1, 0.15) is 5.75 Å². The fraction of sp³-hybridized carbons (Fsp3) is 0.438. The second kappa shape index (κ2) is 7.70. The second-order valence-corrected chi connectivity index (χ2v) is 4.79. The number of benzene rings is 1. The molecule has 1 saturated heterocycles. The number of piperazine rings is 1. The highest BCUT2D eigenvalue weighted by atomic mass is 16.5. The molecule has 0 aromatic heterocycles. The summed E-state index contributed by atoms with van der Waals surface area (Å²) in [6.07, 6.45) is 4.45. The minimum atomic E-state index is 0.0665. The molecule has 0 atom stereocenters. The van der Waals surface area contributed by atoms with Crippen molar-refractivity contribution >= 4 is 12.0 Å². The zero-order valence-corrected chi connectivity index (χ0v) is 12.0. The number of para-hydroxylation sites is 1. The third kappa shape index (κ3) is 4.10. The van der Waals surface area contributed by atoms with Crippen LogP contribution in [0.15, 0.2) is 30.3 Å². The van der Waals surface area contributed by atoms with E-state index in [0.717, 1.165) is 43.9 Å². The van der Waals surface area contributed by atoms with Crippen molar-refractivity contribution in [2.24, 2.45) is 0 Å². The number of ether oxygens (including phenoxy) is 1. The van der Waals surface area contributed by atoms with Gasteiger partial charge in [0.25, 0.3) is 0 Å². The van der Waals surface area contributed by atoms with Crippen molar-refractivity contribution in [1.82, 2.24) is 10.2 Å². The van der Waals surface area contributed by atoms with E-state index in [1.807, 2.05) is 35.2 Å². The molecule has 4 nitrogen and oxygen atoms in total. The topological polar surface area (TPSA) is 41.6 Å². The fourth-order valence-electron chi connectivity index (χ4n) is 2.11. The number of carbonyl (C=O) groups excluding carboxylic acids is 1. The summed E-state index contributed by atoms with van der Waals surface area (Å²) >= 11 is 0. The van der Waals surface area contributed by atoms with E-state index in [1.54, 1.807) is 6.08 Å². The lowest BCUT2D eigenvalue weighted by Gasteiger charge is -2.26. The van der Waals surface area contributed by atoms with E-state index in [0.29, 0.717) is 6.61 Å². The number of amides is 1. The largest absolute Gasteiger partial charge is 0.493 e. The van der Waals surface area contributed by atoms with Crippen LogP contribution in [0.25, 0.3) is 6.08 Å². The average molecular weight is 274 g/mol. The number of nitrogens with one attached hydrogen (secondary N) is 1. The van der Waals surface area contributed by atoms with E-state index in [1.165, 1.54) is 0 Å². The van der Waals surface area contributed by atoms with E-state index >= 15 is 0 Å². The molecule has 1 aliphatic heterocycles. The molecule has 1 fully saturated rings. The van der Waals surface area contributed by atoms with Crippen molar-refractivity contribution in [2.45, 2.75) is 13.3 Å². The Kier molecular flexibility index (Phi) is 5.62. The van der Waals surface area contributed by atoms with Gasteiger partial charge < -0.3 is 15.0 Å². The van der Waals surface area contributed by atoms with Crippen LogP contribution in [0.1, 0.15) is 18.9 Å². The average Bonchev–Trinajstić information content (AvgIpc) is 2.52. The van der Waals surface area contributed by atoms with Crippen LogP contribution >= 0.6 is 0 Å². The molecule has 20 heavy (non-hydrogen) atoms. The number of rotatable bonds is 5. The first-order valence-electron chi connectivity index (χ1n) is 7.21. The molecule has 1 aromatic rings. The highest BCUT2D eigenvalue weighted by Gasteiger charge is 2.13. The zero-order chi connectivity index (χ0) is 14.2. The van der Waals surface area contributed by atoms with Crippen molar-refractivity contribution in [3.8, 4) is 5.75 Å². The lowest BCUT2D eigenvalue weighted by molar-refractivity contribution is -0.126. The van der Waals surface area contributed by atoms with Crippen LogP contribution < -0.4 is 10.1 Å². The van der Waals surface area contributed by atoms with Crippen LogP contribution in [-0.4, -0.2) is 43.6 Å². The van der Waals surface area contributed by atoms with E-state index in [9.17, 15) is 4.79 Å². The van der Waals surface area contributed by atoms with Gasteiger partial charge in [0, 0.05) is 37.8 Å². The van der Waals surface area contributed by atoms with Gasteiger partial charge >= 0.3 is 0 Å². The first-order chi connectivity index (χ1) is 9.81. The quantitative estimate of drug-likeness (QED) is 0.834. The van der Waals surface area contributed by atoms with Crippen LogP contribution in [0.2, 0.25) is 0 Å². The molecule has 1 aromatic carbocycles. The minimum Gasteiger partial charge on any atom is -0.493 e. The summed E-state index contributed by atoms with van der Waals surface area (Å²) in [6, 6.07) is 7.80. The molecule has 4 heteroatoms. The van der Waals surface area contributed by atoms with Crippen molar-refractivity contribution < 1.29 is 9.53 Å². The molecular weight excluding hydrogens is 252 g/mol. The van der Waals surface area contributed by atoms with Crippen molar-refractivity contribution in [3.63, 3.8) is 0 Å². The van der Waals surface area contributed by atoms with Crippen LogP contribution in [0.5, 0.6) is 5.75 Å². The molecule has 0 bridgehead atoms. The molecule has 0 saturated carbocycles. The summed E-state index contributed by atoms with van der Waals surface area (Å²) < 4.78 is 5.68. The number of nitrogens with zero attached hydrogens (tertiary/aromatic N) is 1. The summed E-state index contributed by atoms with van der Waals surface area (Å²) in [7, 11) is 0. The molecule has 2 rings (SSSR count). The predicted molar refractivity (Wildman–Crippen MR) is 80.7 cm³/mol. The SMILES string of the molecule is CCCOc1ccccc1/C=C/C(=O)N1CCNCC1. The Morgan fingerprint density at radius 1 is 1.35 bits per heavy atom. The number of hydrogen-bond acceptors (Lipinski definition) is 3. The van der Waals surface area contributed by atoms with Gasteiger partial charge in [-0.1, -0.05) is 25.1 Å². The first-order valence-corrected chi connectivity index (χ1v) is 7.21. The molecule has 1 aliphatic rings. The highest BCUT2D eigenvalue weighted by Crippen LogP contribution is 2.19. The van der Waals surface area contributed by atoms with Crippen LogP contribution in [0.3, 0.4) is 0 Å². The Hall–Kier alpha value is -1.81. The van der Waals surface area contributed by atoms with Crippen molar-refractivity contribution in [1.29, 1.82) is 0 Å². The molecule has 0 radical (unpaired) electrons. The van der Waals surface area contributed by atoms with E-state index in [-0.39, 0.29) is 5.91 Å². The molecular formula is C16H22N2O2. The van der Waals surface area contributed by atoms with E-state index in [2.05, 4.69) is 12.2 Å². The number of carbonyl (C=O) groups is 1. The molecule has 1 N–H and O–H groups in total. The molecule has 0 unspecified atom stereocenters. The minimum absolute atomic E-state index is 0.0665. The maximum absolute atomic E-state index is 12.1. The monoisotopic (exact) mass is 274 g/mol. The van der Waals surface area contributed by atoms with Crippen LogP contribution in [-0.2, 0) is 4.79 Å². The maximum Gasteiger partial charge on any atom is 0.246 e. The Morgan fingerprint density at radius 3 is 2.85 bits per heavy atom. The summed E-state index contributed by atoms with van der Waals surface area (Å²) in [5, 5.41) is 3.24. The third-order valence-corrected chi connectivity index (χ3v) is 3.21. The second-order valence-electron chi connectivity index (χ2n) is 4.79. The van der Waals surface area contributed by atoms with Crippen LogP contribution in [0, 0.1) is 0 Å². The maximum atomic E-state index is 12.1. The van der Waals surface area contributed by atoms with E-state index < -0.39 is 0 Å². The zero-order valence-electron chi connectivity index (χ0n) is 12.0. The molecule has 108 valence electrons. The fourth-order valence-corrected chi connectivity index (χ4v) is 2.11. The van der Waals surface area contributed by atoms with Gasteiger partial charge in [-0.2, -0.15) is 0 Å². The smallest absolute Gasteiger partial charge is 0.246 e. The summed E-state index contributed by atoms with van der Waals surface area (Å²) in [5.41, 5.74) is 0.949. The summed E-state index contributed by atoms with van der Waals surface area (Å²) in [5.74, 6) is 0.899. The Morgan fingerprint density at radius 2 is 2.10 bits per heavy atom. The summed E-state index contributed by atoms with van der Waals surface area (Å²) in [6.45, 7) is 6.06. The Balaban J connectivity index is 2.00. The summed E-state index contributed by atoms with van der Waals surface area (Å²) in [4.78, 5) is 13.9. The van der Waals surface area contributed by atoms with Gasteiger partial charge in [0.2, 0.25) is 5.91 Å². The van der Waals surface area contributed by atoms with Gasteiger partial charge in [-0.05, 0) is 18.6 Å². The molecule has 0 aliphatic carbocycles. The Bertz CT molecular complexity index is 465. The van der Waals surface area contributed by atoms with Gasteiger partial charge in [0.15, 0.2) is 0 Å². The van der Waals surface area contributed by atoms with Gasteiger partial charge in [-0.3, -0.25) is 4.79 Å². The highest BCUT2D eigenvalue weighted by molar-refractivity contribution is 5.92. The van der Waals surface area contributed by atoms with Gasteiger partial charge in [-0.15, -0.1) is 0 Å². The predicted octanol–water partition coefficient (Wildman–Crippen LogP) is 1.92. The van der Waals surface area contributed by atoms with Crippen molar-refractivity contribution in [3.05, 3.63) is 35.9 Å². The lowest BCUT2D eigenvalue weighted by atomic mass is 10.2. The van der Waals surface area contributed by atoms with Crippen LogP contribution in [0.4, 0.5) is 0 Å². The van der Waals surface area contributed by atoms with Gasteiger partial charge in [0.05, 0.1) is 6.61 Å². The Labute approximate surface area is 120 Å². The third-order valence-electron chi connectivity index (χ3n) is 3.21. The number of hydrogen-bond donors (Lipinski definition) is 1. The standard InChI is InChI=1S/C16H22N2O2/c1-2-13-20-15-6-4-3-5-14(15)7-8-16(19)18-11-9-17-10-12-18/h3-8,17H,2,9-13H2,1H3/b8-7+. The van der Waals surface area contributed by atoms with Gasteiger partial charge in [-0.25, -0.2) is 0 Å². The van der Waals surface area contributed by atoms with Crippen molar-refractivity contribution in [2.75, 3.05) is 32.8 Å². The molecule has 1 amide bonds. The molecule has 0 spiro atoms. The first kappa shape index (κ1) is 14.6.